The monoisotopic (exact) mass is 282 g/mol. The lowest BCUT2D eigenvalue weighted by atomic mass is 9.95. The zero-order chi connectivity index (χ0) is 13.0. The highest BCUT2D eigenvalue weighted by Gasteiger charge is 2.50. The minimum absolute atomic E-state index is 0. The van der Waals surface area contributed by atoms with Crippen LogP contribution in [0.4, 0.5) is 0 Å². The Labute approximate surface area is 121 Å². The number of carbonyl (C=O) groups is 1. The maximum Gasteiger partial charge on any atom is 0.228 e. The highest BCUT2D eigenvalue weighted by Crippen LogP contribution is 2.49. The summed E-state index contributed by atoms with van der Waals surface area (Å²) in [7, 11) is 3.82. The van der Waals surface area contributed by atoms with Crippen LogP contribution in [-0.2, 0) is 11.2 Å². The molecule has 1 aromatic carbocycles. The van der Waals surface area contributed by atoms with Crippen LogP contribution in [0.15, 0.2) is 30.3 Å². The van der Waals surface area contributed by atoms with Gasteiger partial charge < -0.3 is 10.2 Å². The first kappa shape index (κ1) is 16.0. The van der Waals surface area contributed by atoms with Crippen molar-refractivity contribution in [2.75, 3.05) is 27.2 Å². The van der Waals surface area contributed by atoms with E-state index in [2.05, 4.69) is 17.4 Å². The summed E-state index contributed by atoms with van der Waals surface area (Å²) in [5.41, 5.74) is 1.16. The molecular formula is C15H23ClN2O. The molecule has 0 spiro atoms. The van der Waals surface area contributed by atoms with Gasteiger partial charge in [0.1, 0.15) is 0 Å². The fourth-order valence-electron chi connectivity index (χ4n) is 2.39. The number of rotatable bonds is 6. The van der Waals surface area contributed by atoms with E-state index < -0.39 is 0 Å². The molecule has 1 amide bonds. The molecule has 1 aliphatic rings. The number of hydrogen-bond acceptors (Lipinski definition) is 2. The number of halogens is 1. The summed E-state index contributed by atoms with van der Waals surface area (Å²) in [6.45, 7) is 1.63. The van der Waals surface area contributed by atoms with Gasteiger partial charge >= 0.3 is 0 Å². The smallest absolute Gasteiger partial charge is 0.228 e. The molecule has 0 aromatic heterocycles. The Hall–Kier alpha value is -1.06. The van der Waals surface area contributed by atoms with Gasteiger partial charge in [0, 0.05) is 20.1 Å². The summed E-state index contributed by atoms with van der Waals surface area (Å²) in [5, 5.41) is 3.08. The average molecular weight is 283 g/mol. The highest BCUT2D eigenvalue weighted by molar-refractivity contribution is 5.85. The van der Waals surface area contributed by atoms with Gasteiger partial charge in [-0.15, -0.1) is 12.4 Å². The summed E-state index contributed by atoms with van der Waals surface area (Å²) >= 11 is 0. The fourth-order valence-corrected chi connectivity index (χ4v) is 2.39. The summed E-state index contributed by atoms with van der Waals surface area (Å²) in [6.07, 6.45) is 2.95. The molecule has 3 nitrogen and oxygen atoms in total. The normalized spacial score (nSPS) is 15.5. The molecule has 1 N–H and O–H groups in total. The maximum atomic E-state index is 12.4. The molecule has 1 saturated carbocycles. The average Bonchev–Trinajstić information content (AvgIpc) is 3.17. The summed E-state index contributed by atoms with van der Waals surface area (Å²) in [6, 6.07) is 10.3. The number of likely N-dealkylation sites (N-methyl/N-ethyl adjacent to an activating group) is 2. The van der Waals surface area contributed by atoms with Crippen molar-refractivity contribution in [3.05, 3.63) is 35.9 Å². The first-order chi connectivity index (χ1) is 8.68. The number of hydrogen-bond donors (Lipinski definition) is 1. The molecule has 19 heavy (non-hydrogen) atoms. The van der Waals surface area contributed by atoms with E-state index >= 15 is 0 Å². The lowest BCUT2D eigenvalue weighted by Crippen LogP contribution is -2.38. The molecule has 0 bridgehead atoms. The quantitative estimate of drug-likeness (QED) is 0.867. The molecule has 0 aliphatic heterocycles. The van der Waals surface area contributed by atoms with Gasteiger partial charge in [-0.3, -0.25) is 4.79 Å². The van der Waals surface area contributed by atoms with Crippen LogP contribution in [0.5, 0.6) is 0 Å². The van der Waals surface area contributed by atoms with Crippen LogP contribution in [0.1, 0.15) is 18.4 Å². The Kier molecular flexibility index (Phi) is 5.83. The second-order valence-electron chi connectivity index (χ2n) is 5.27. The second kappa shape index (κ2) is 6.92. The van der Waals surface area contributed by atoms with Crippen LogP contribution >= 0.6 is 12.4 Å². The van der Waals surface area contributed by atoms with Gasteiger partial charge in [-0.25, -0.2) is 0 Å². The lowest BCUT2D eigenvalue weighted by molar-refractivity contribution is -0.135. The topological polar surface area (TPSA) is 32.3 Å². The van der Waals surface area contributed by atoms with Crippen LogP contribution < -0.4 is 5.32 Å². The standard InChI is InChI=1S/C15H22N2O.ClH/c1-16-10-11-17(2)14(18)15(8-9-15)12-13-6-4-3-5-7-13;/h3-7,16H,8-12H2,1-2H3;1H. The van der Waals surface area contributed by atoms with Crippen molar-refractivity contribution in [1.29, 1.82) is 0 Å². The van der Waals surface area contributed by atoms with Gasteiger partial charge in [-0.2, -0.15) is 0 Å². The van der Waals surface area contributed by atoms with E-state index in [1.807, 2.05) is 37.2 Å². The van der Waals surface area contributed by atoms with E-state index in [0.29, 0.717) is 5.91 Å². The molecule has 106 valence electrons. The minimum Gasteiger partial charge on any atom is -0.344 e. The molecular weight excluding hydrogens is 260 g/mol. The Morgan fingerprint density at radius 2 is 1.95 bits per heavy atom. The zero-order valence-electron chi connectivity index (χ0n) is 11.7. The van der Waals surface area contributed by atoms with Gasteiger partial charge in [-0.1, -0.05) is 30.3 Å². The lowest BCUT2D eigenvalue weighted by Gasteiger charge is -2.23. The Balaban J connectivity index is 0.00000180. The van der Waals surface area contributed by atoms with E-state index in [9.17, 15) is 4.79 Å². The van der Waals surface area contributed by atoms with Crippen molar-refractivity contribution in [2.24, 2.45) is 5.41 Å². The van der Waals surface area contributed by atoms with Crippen LogP contribution in [0.2, 0.25) is 0 Å². The van der Waals surface area contributed by atoms with Crippen LogP contribution in [0, 0.1) is 5.41 Å². The summed E-state index contributed by atoms with van der Waals surface area (Å²) in [5.74, 6) is 0.307. The molecule has 0 radical (unpaired) electrons. The van der Waals surface area contributed by atoms with E-state index in [1.54, 1.807) is 0 Å². The van der Waals surface area contributed by atoms with Gasteiger partial charge in [0.15, 0.2) is 0 Å². The predicted molar refractivity (Wildman–Crippen MR) is 80.6 cm³/mol. The van der Waals surface area contributed by atoms with Crippen molar-refractivity contribution in [2.45, 2.75) is 19.3 Å². The molecule has 2 rings (SSSR count). The third kappa shape index (κ3) is 3.95. The van der Waals surface area contributed by atoms with Gasteiger partial charge in [0.2, 0.25) is 5.91 Å². The molecule has 1 aliphatic carbocycles. The van der Waals surface area contributed by atoms with Crippen molar-refractivity contribution in [1.82, 2.24) is 10.2 Å². The van der Waals surface area contributed by atoms with E-state index in [0.717, 1.165) is 32.4 Å². The number of nitrogens with zero attached hydrogens (tertiary/aromatic N) is 1. The Morgan fingerprint density at radius 1 is 1.32 bits per heavy atom. The van der Waals surface area contributed by atoms with Crippen LogP contribution in [0.3, 0.4) is 0 Å². The largest absolute Gasteiger partial charge is 0.344 e. The van der Waals surface area contributed by atoms with Crippen molar-refractivity contribution >= 4 is 18.3 Å². The summed E-state index contributed by atoms with van der Waals surface area (Å²) in [4.78, 5) is 14.3. The minimum atomic E-state index is -0.107. The molecule has 0 atom stereocenters. The first-order valence-electron chi connectivity index (χ1n) is 6.62. The van der Waals surface area contributed by atoms with Crippen LogP contribution in [0.25, 0.3) is 0 Å². The predicted octanol–water partition coefficient (Wildman–Crippen LogP) is 2.11. The van der Waals surface area contributed by atoms with Gasteiger partial charge in [-0.05, 0) is 31.9 Å². The molecule has 0 unspecified atom stereocenters. The van der Waals surface area contributed by atoms with Crippen molar-refractivity contribution < 1.29 is 4.79 Å². The van der Waals surface area contributed by atoms with E-state index in [4.69, 9.17) is 0 Å². The van der Waals surface area contributed by atoms with Gasteiger partial charge in [0.25, 0.3) is 0 Å². The number of amides is 1. The van der Waals surface area contributed by atoms with Crippen molar-refractivity contribution in [3.8, 4) is 0 Å². The van der Waals surface area contributed by atoms with Gasteiger partial charge in [0.05, 0.1) is 5.41 Å². The third-order valence-electron chi connectivity index (χ3n) is 3.74. The van der Waals surface area contributed by atoms with E-state index in [1.165, 1.54) is 5.56 Å². The number of benzene rings is 1. The Morgan fingerprint density at radius 3 is 2.47 bits per heavy atom. The maximum absolute atomic E-state index is 12.4. The number of carbonyl (C=O) groups excluding carboxylic acids is 1. The number of nitrogens with one attached hydrogen (secondary N) is 1. The molecule has 4 heteroatoms. The van der Waals surface area contributed by atoms with E-state index in [-0.39, 0.29) is 17.8 Å². The van der Waals surface area contributed by atoms with Crippen molar-refractivity contribution in [3.63, 3.8) is 0 Å². The Bertz CT molecular complexity index is 404. The first-order valence-corrected chi connectivity index (χ1v) is 6.62. The second-order valence-corrected chi connectivity index (χ2v) is 5.27. The molecule has 1 aromatic rings. The summed E-state index contributed by atoms with van der Waals surface area (Å²) < 4.78 is 0. The van der Waals surface area contributed by atoms with Crippen LogP contribution in [-0.4, -0.2) is 38.0 Å². The molecule has 0 heterocycles. The fraction of sp³-hybridized carbons (Fsp3) is 0.533. The molecule has 0 saturated heterocycles. The molecule has 1 fully saturated rings. The third-order valence-corrected chi connectivity index (χ3v) is 3.74. The highest BCUT2D eigenvalue weighted by atomic mass is 35.5. The zero-order valence-corrected chi connectivity index (χ0v) is 12.5. The SMILES string of the molecule is CNCCN(C)C(=O)C1(Cc2ccccc2)CC1.Cl.